The third-order valence-corrected chi connectivity index (χ3v) is 5.07. The molecule has 0 radical (unpaired) electrons. The van der Waals surface area contributed by atoms with Gasteiger partial charge < -0.3 is 0 Å². The van der Waals surface area contributed by atoms with Gasteiger partial charge in [0.2, 0.25) is 0 Å². The second-order valence-electron chi connectivity index (χ2n) is 5.18. The van der Waals surface area contributed by atoms with Gasteiger partial charge in [0.05, 0.1) is 10.7 Å². The van der Waals surface area contributed by atoms with Crippen molar-refractivity contribution in [3.63, 3.8) is 0 Å². The number of hydrazone groups is 1. The minimum Gasteiger partial charge on any atom is -0.266 e. The molecule has 3 rings (SSSR count). The van der Waals surface area contributed by atoms with Crippen LogP contribution in [0.4, 0.5) is 0 Å². The van der Waals surface area contributed by atoms with Crippen LogP contribution >= 0.6 is 22.9 Å². The van der Waals surface area contributed by atoms with Crippen LogP contribution in [0.1, 0.15) is 22.2 Å². The fraction of sp³-hybridized carbons (Fsp3) is 0.0526. The zero-order valence-corrected chi connectivity index (χ0v) is 14.6. The first-order valence-corrected chi connectivity index (χ1v) is 8.59. The summed E-state index contributed by atoms with van der Waals surface area (Å²) in [5.74, 6) is -0.298. The molecule has 1 amide bonds. The van der Waals surface area contributed by atoms with Gasteiger partial charge >= 0.3 is 0 Å². The Morgan fingerprint density at radius 1 is 1.12 bits per heavy atom. The first kappa shape index (κ1) is 16.4. The second-order valence-corrected chi connectivity index (χ2v) is 6.61. The van der Waals surface area contributed by atoms with Gasteiger partial charge in [0, 0.05) is 10.1 Å². The van der Waals surface area contributed by atoms with E-state index < -0.39 is 0 Å². The number of fused-ring (bicyclic) bond motifs is 1. The Balaban J connectivity index is 1.72. The molecule has 0 bridgehead atoms. The molecule has 0 spiro atoms. The normalized spacial score (nSPS) is 12.0. The van der Waals surface area contributed by atoms with Crippen molar-refractivity contribution in [3.8, 4) is 0 Å². The third-order valence-electron chi connectivity index (χ3n) is 3.39. The molecule has 0 aliphatic heterocycles. The highest BCUT2D eigenvalue weighted by Gasteiger charge is 2.16. The number of carbonyl (C=O) groups is 1. The smallest absolute Gasteiger partial charge is 0.266 e. The molecule has 120 valence electrons. The van der Waals surface area contributed by atoms with E-state index in [0.29, 0.717) is 15.6 Å². The van der Waals surface area contributed by atoms with E-state index in [4.69, 9.17) is 11.6 Å². The van der Waals surface area contributed by atoms with E-state index >= 15 is 0 Å². The summed E-state index contributed by atoms with van der Waals surface area (Å²) in [6.07, 6.45) is 3.79. The molecule has 2 aromatic carbocycles. The maximum Gasteiger partial charge on any atom is 0.283 e. The number of hydrogen-bond acceptors (Lipinski definition) is 3. The van der Waals surface area contributed by atoms with Crippen molar-refractivity contribution in [1.29, 1.82) is 0 Å². The third kappa shape index (κ3) is 3.72. The van der Waals surface area contributed by atoms with Crippen LogP contribution in [0.25, 0.3) is 16.2 Å². The molecule has 24 heavy (non-hydrogen) atoms. The van der Waals surface area contributed by atoms with Crippen LogP contribution in [-0.2, 0) is 0 Å². The molecular formula is C19H15ClN2OS. The molecule has 0 atom stereocenters. The number of carbonyl (C=O) groups excluding carboxylic acids is 1. The topological polar surface area (TPSA) is 41.5 Å². The van der Waals surface area contributed by atoms with Crippen LogP contribution < -0.4 is 5.43 Å². The molecule has 1 aromatic heterocycles. The van der Waals surface area contributed by atoms with Crippen molar-refractivity contribution >= 4 is 50.7 Å². The van der Waals surface area contributed by atoms with E-state index in [1.807, 2.05) is 73.7 Å². The largest absolute Gasteiger partial charge is 0.283 e. The summed E-state index contributed by atoms with van der Waals surface area (Å²) in [6, 6.07) is 17.6. The van der Waals surface area contributed by atoms with Crippen LogP contribution in [-0.4, -0.2) is 11.6 Å². The minimum absolute atomic E-state index is 0.298. The van der Waals surface area contributed by atoms with Crippen molar-refractivity contribution < 1.29 is 4.79 Å². The highest BCUT2D eigenvalue weighted by Crippen LogP contribution is 2.34. The highest BCUT2D eigenvalue weighted by atomic mass is 35.5. The predicted octanol–water partition coefficient (Wildman–Crippen LogP) is 5.37. The lowest BCUT2D eigenvalue weighted by molar-refractivity contribution is 0.0959. The average Bonchev–Trinajstić information content (AvgIpc) is 2.96. The average molecular weight is 355 g/mol. The molecule has 0 aliphatic rings. The quantitative estimate of drug-likeness (QED) is 0.496. The lowest BCUT2D eigenvalue weighted by Crippen LogP contribution is -2.17. The van der Waals surface area contributed by atoms with Gasteiger partial charge in [-0.1, -0.05) is 66.2 Å². The molecule has 1 N–H and O–H groups in total. The summed E-state index contributed by atoms with van der Waals surface area (Å²) in [5, 5.41) is 5.47. The van der Waals surface area contributed by atoms with Crippen LogP contribution in [0, 0.1) is 0 Å². The summed E-state index contributed by atoms with van der Waals surface area (Å²) in [4.78, 5) is 12.8. The SMILES string of the molecule is CC(/C=C\c1ccccc1)=N/NC(=O)c1sc2ccccc2c1Cl. The van der Waals surface area contributed by atoms with Crippen LogP contribution in [0.2, 0.25) is 5.02 Å². The number of halogens is 1. The van der Waals surface area contributed by atoms with E-state index in [9.17, 15) is 4.79 Å². The van der Waals surface area contributed by atoms with Gasteiger partial charge in [0.25, 0.3) is 5.91 Å². The summed E-state index contributed by atoms with van der Waals surface area (Å²) in [6.45, 7) is 1.83. The van der Waals surface area contributed by atoms with Crippen molar-refractivity contribution in [2.75, 3.05) is 0 Å². The number of amides is 1. The van der Waals surface area contributed by atoms with Crippen LogP contribution in [0.3, 0.4) is 0 Å². The number of rotatable bonds is 4. The van der Waals surface area contributed by atoms with Gasteiger partial charge in [-0.25, -0.2) is 5.43 Å². The molecule has 5 heteroatoms. The zero-order chi connectivity index (χ0) is 16.9. The van der Waals surface area contributed by atoms with Gasteiger partial charge in [-0.15, -0.1) is 11.3 Å². The van der Waals surface area contributed by atoms with Crippen molar-refractivity contribution in [2.24, 2.45) is 5.10 Å². The van der Waals surface area contributed by atoms with Gasteiger partial charge in [0.15, 0.2) is 0 Å². The van der Waals surface area contributed by atoms with Gasteiger partial charge in [-0.2, -0.15) is 5.10 Å². The summed E-state index contributed by atoms with van der Waals surface area (Å²) >= 11 is 7.66. The first-order valence-electron chi connectivity index (χ1n) is 7.40. The van der Waals surface area contributed by atoms with Gasteiger partial charge in [-0.3, -0.25) is 4.79 Å². The Morgan fingerprint density at radius 3 is 2.58 bits per heavy atom. The summed E-state index contributed by atoms with van der Waals surface area (Å²) < 4.78 is 0.984. The number of nitrogens with one attached hydrogen (secondary N) is 1. The summed E-state index contributed by atoms with van der Waals surface area (Å²) in [5.41, 5.74) is 4.33. The molecule has 0 fully saturated rings. The second kappa shape index (κ2) is 7.43. The molecule has 1 heterocycles. The van der Waals surface area contributed by atoms with Crippen molar-refractivity contribution in [3.05, 3.63) is 76.1 Å². The van der Waals surface area contributed by atoms with E-state index in [2.05, 4.69) is 10.5 Å². The fourth-order valence-corrected chi connectivity index (χ4v) is 3.57. The molecule has 3 nitrogen and oxygen atoms in total. The van der Waals surface area contributed by atoms with Crippen LogP contribution in [0.15, 0.2) is 65.8 Å². The van der Waals surface area contributed by atoms with E-state index in [0.717, 1.165) is 15.6 Å². The standard InChI is InChI=1S/C19H15ClN2OS/c1-13(11-12-14-7-3-2-4-8-14)21-22-19(23)18-17(20)15-9-5-6-10-16(15)24-18/h2-12H,1H3,(H,22,23)/b12-11-,21-13-. The number of hydrogen-bond donors (Lipinski definition) is 1. The first-order chi connectivity index (χ1) is 11.6. The fourth-order valence-electron chi connectivity index (χ4n) is 2.17. The Bertz CT molecular complexity index is 929. The van der Waals surface area contributed by atoms with Crippen molar-refractivity contribution in [2.45, 2.75) is 6.92 Å². The lowest BCUT2D eigenvalue weighted by atomic mass is 10.2. The molecule has 3 aromatic rings. The molecule has 0 aliphatic carbocycles. The zero-order valence-electron chi connectivity index (χ0n) is 13.0. The molecule has 0 saturated heterocycles. The predicted molar refractivity (Wildman–Crippen MR) is 103 cm³/mol. The molecular weight excluding hydrogens is 340 g/mol. The minimum atomic E-state index is -0.298. The highest BCUT2D eigenvalue weighted by molar-refractivity contribution is 7.21. The lowest BCUT2D eigenvalue weighted by Gasteiger charge is -1.98. The maximum absolute atomic E-state index is 12.3. The maximum atomic E-state index is 12.3. The number of benzene rings is 2. The monoisotopic (exact) mass is 354 g/mol. The van der Waals surface area contributed by atoms with E-state index in [1.54, 1.807) is 0 Å². The van der Waals surface area contributed by atoms with Crippen molar-refractivity contribution in [1.82, 2.24) is 5.43 Å². The number of thiophene rings is 1. The Labute approximate surface area is 149 Å². The Morgan fingerprint density at radius 2 is 1.83 bits per heavy atom. The Hall–Kier alpha value is -2.43. The van der Waals surface area contributed by atoms with Crippen LogP contribution in [0.5, 0.6) is 0 Å². The summed E-state index contributed by atoms with van der Waals surface area (Å²) in [7, 11) is 0. The molecule has 0 unspecified atom stereocenters. The van der Waals surface area contributed by atoms with Gasteiger partial charge in [-0.05, 0) is 24.6 Å². The van der Waals surface area contributed by atoms with Gasteiger partial charge in [0.1, 0.15) is 4.88 Å². The number of nitrogens with zero attached hydrogens (tertiary/aromatic N) is 1. The Kier molecular flexibility index (Phi) is 5.08. The number of allylic oxidation sites excluding steroid dienone is 1. The van der Waals surface area contributed by atoms with E-state index in [1.165, 1.54) is 11.3 Å². The van der Waals surface area contributed by atoms with E-state index in [-0.39, 0.29) is 5.91 Å². The molecule has 0 saturated carbocycles.